The number of carbonyl (C=O) groups is 1. The van der Waals surface area contributed by atoms with Gasteiger partial charge >= 0.3 is 0 Å². The highest BCUT2D eigenvalue weighted by molar-refractivity contribution is 5.81. The molecule has 160 valence electrons. The molecule has 1 unspecified atom stereocenters. The van der Waals surface area contributed by atoms with E-state index in [0.29, 0.717) is 12.5 Å². The quantitative estimate of drug-likeness (QED) is 0.570. The Hall–Kier alpha value is -2.24. The number of benzene rings is 1. The SMILES string of the molecule is CCNC(=NCc1ccc(C)cc1N(C)C)NC1CCN(C(=O)C2CCCC2)C1. The summed E-state index contributed by atoms with van der Waals surface area (Å²) in [6.07, 6.45) is 5.54. The Morgan fingerprint density at radius 3 is 2.69 bits per heavy atom. The zero-order valence-electron chi connectivity index (χ0n) is 18.5. The van der Waals surface area contributed by atoms with Crippen molar-refractivity contribution < 1.29 is 4.79 Å². The molecule has 1 amide bonds. The van der Waals surface area contributed by atoms with Gasteiger partial charge in [-0.1, -0.05) is 25.0 Å². The second-order valence-corrected chi connectivity index (χ2v) is 8.62. The van der Waals surface area contributed by atoms with Gasteiger partial charge in [0.15, 0.2) is 5.96 Å². The number of hydrogen-bond acceptors (Lipinski definition) is 3. The summed E-state index contributed by atoms with van der Waals surface area (Å²) in [5.41, 5.74) is 3.67. The summed E-state index contributed by atoms with van der Waals surface area (Å²) in [4.78, 5) is 21.7. The van der Waals surface area contributed by atoms with Crippen molar-refractivity contribution >= 4 is 17.6 Å². The molecule has 29 heavy (non-hydrogen) atoms. The standard InChI is InChI=1S/C23H37N5O/c1-5-24-23(25-15-19-11-10-17(2)14-21(19)27(3)4)26-20-12-13-28(16-20)22(29)18-8-6-7-9-18/h10-11,14,18,20H,5-9,12-13,15-16H2,1-4H3,(H2,24,25,26). The Balaban J connectivity index is 1.61. The van der Waals surface area contributed by atoms with Crippen LogP contribution in [0.15, 0.2) is 23.2 Å². The van der Waals surface area contributed by atoms with Crippen molar-refractivity contribution in [3.63, 3.8) is 0 Å². The normalized spacial score (nSPS) is 20.2. The first kappa shape index (κ1) is 21.5. The molecule has 2 aliphatic rings. The molecule has 0 radical (unpaired) electrons. The number of guanidine groups is 1. The Morgan fingerprint density at radius 1 is 1.24 bits per heavy atom. The van der Waals surface area contributed by atoms with Crippen molar-refractivity contribution in [3.05, 3.63) is 29.3 Å². The smallest absolute Gasteiger partial charge is 0.225 e. The van der Waals surface area contributed by atoms with Crippen LogP contribution < -0.4 is 15.5 Å². The second-order valence-electron chi connectivity index (χ2n) is 8.62. The number of nitrogens with zero attached hydrogens (tertiary/aromatic N) is 3. The minimum atomic E-state index is 0.265. The number of aliphatic imine (C=N–C) groups is 1. The molecule has 0 spiro atoms. The monoisotopic (exact) mass is 399 g/mol. The van der Waals surface area contributed by atoms with E-state index >= 15 is 0 Å². The molecule has 1 heterocycles. The minimum Gasteiger partial charge on any atom is -0.377 e. The number of hydrogen-bond donors (Lipinski definition) is 2. The lowest BCUT2D eigenvalue weighted by molar-refractivity contribution is -0.134. The van der Waals surface area contributed by atoms with Crippen LogP contribution >= 0.6 is 0 Å². The van der Waals surface area contributed by atoms with E-state index in [0.717, 1.165) is 44.9 Å². The fourth-order valence-corrected chi connectivity index (χ4v) is 4.41. The number of anilines is 1. The average Bonchev–Trinajstić information content (AvgIpc) is 3.38. The van der Waals surface area contributed by atoms with Gasteiger partial charge in [-0.3, -0.25) is 4.79 Å². The third kappa shape index (κ3) is 5.64. The average molecular weight is 400 g/mol. The van der Waals surface area contributed by atoms with Gasteiger partial charge in [0.05, 0.1) is 6.54 Å². The number of rotatable bonds is 6. The molecule has 1 aromatic carbocycles. The van der Waals surface area contributed by atoms with Crippen LogP contribution in [0.4, 0.5) is 5.69 Å². The molecule has 3 rings (SSSR count). The lowest BCUT2D eigenvalue weighted by atomic mass is 10.1. The highest BCUT2D eigenvalue weighted by atomic mass is 16.2. The van der Waals surface area contributed by atoms with Crippen LogP contribution in [0.2, 0.25) is 0 Å². The van der Waals surface area contributed by atoms with Gasteiger partial charge in [0.25, 0.3) is 0 Å². The molecule has 0 aromatic heterocycles. The molecule has 1 aromatic rings. The number of amides is 1. The van der Waals surface area contributed by atoms with Gasteiger partial charge in [-0.05, 0) is 50.3 Å². The molecule has 2 fully saturated rings. The summed E-state index contributed by atoms with van der Waals surface area (Å²) >= 11 is 0. The van der Waals surface area contributed by atoms with Crippen molar-refractivity contribution in [2.75, 3.05) is 38.6 Å². The molecule has 1 aliphatic heterocycles. The van der Waals surface area contributed by atoms with E-state index in [1.54, 1.807) is 0 Å². The van der Waals surface area contributed by atoms with E-state index in [2.05, 4.69) is 66.6 Å². The van der Waals surface area contributed by atoms with E-state index < -0.39 is 0 Å². The van der Waals surface area contributed by atoms with Gasteiger partial charge in [-0.2, -0.15) is 0 Å². The van der Waals surface area contributed by atoms with Crippen LogP contribution in [0.25, 0.3) is 0 Å². The van der Waals surface area contributed by atoms with E-state index in [1.807, 2.05) is 0 Å². The number of likely N-dealkylation sites (tertiary alicyclic amines) is 1. The number of carbonyl (C=O) groups excluding carboxylic acids is 1. The Kier molecular flexibility index (Phi) is 7.40. The largest absolute Gasteiger partial charge is 0.377 e. The predicted octanol–water partition coefficient (Wildman–Crippen LogP) is 2.91. The first-order valence-corrected chi connectivity index (χ1v) is 11.1. The highest BCUT2D eigenvalue weighted by Gasteiger charge is 2.32. The molecule has 1 aliphatic carbocycles. The van der Waals surface area contributed by atoms with E-state index in [9.17, 15) is 4.79 Å². The van der Waals surface area contributed by atoms with Crippen molar-refractivity contribution in [1.82, 2.24) is 15.5 Å². The van der Waals surface area contributed by atoms with E-state index in [1.165, 1.54) is 29.7 Å². The number of aryl methyl sites for hydroxylation is 1. The fraction of sp³-hybridized carbons (Fsp3) is 0.652. The maximum atomic E-state index is 12.7. The van der Waals surface area contributed by atoms with Crippen molar-refractivity contribution in [3.8, 4) is 0 Å². The van der Waals surface area contributed by atoms with Gasteiger partial charge in [-0.15, -0.1) is 0 Å². The summed E-state index contributed by atoms with van der Waals surface area (Å²) in [6.45, 7) is 7.28. The van der Waals surface area contributed by atoms with Crippen LogP contribution in [0.5, 0.6) is 0 Å². The van der Waals surface area contributed by atoms with Crippen molar-refractivity contribution in [2.24, 2.45) is 10.9 Å². The summed E-state index contributed by atoms with van der Waals surface area (Å²) < 4.78 is 0. The Morgan fingerprint density at radius 2 is 2.00 bits per heavy atom. The summed E-state index contributed by atoms with van der Waals surface area (Å²) in [5, 5.41) is 6.91. The van der Waals surface area contributed by atoms with Gasteiger partial charge in [0.2, 0.25) is 5.91 Å². The Labute approximate surface area is 175 Å². The molecular formula is C23H37N5O. The molecule has 6 nitrogen and oxygen atoms in total. The molecule has 1 atom stereocenters. The fourth-order valence-electron chi connectivity index (χ4n) is 4.41. The Bertz CT molecular complexity index is 724. The van der Waals surface area contributed by atoms with E-state index in [-0.39, 0.29) is 12.0 Å². The van der Waals surface area contributed by atoms with Crippen molar-refractivity contribution in [1.29, 1.82) is 0 Å². The van der Waals surface area contributed by atoms with Gasteiger partial charge in [0, 0.05) is 51.4 Å². The maximum absolute atomic E-state index is 12.7. The summed E-state index contributed by atoms with van der Waals surface area (Å²) in [7, 11) is 4.14. The van der Waals surface area contributed by atoms with Crippen LogP contribution in [0.3, 0.4) is 0 Å². The second kappa shape index (κ2) is 9.99. The molecule has 2 N–H and O–H groups in total. The topological polar surface area (TPSA) is 60.0 Å². The first-order chi connectivity index (χ1) is 14.0. The maximum Gasteiger partial charge on any atom is 0.225 e. The third-order valence-corrected chi connectivity index (χ3v) is 6.02. The number of nitrogens with one attached hydrogen (secondary N) is 2. The lowest BCUT2D eigenvalue weighted by Gasteiger charge is -2.22. The molecule has 0 bridgehead atoms. The summed E-state index contributed by atoms with van der Waals surface area (Å²) in [6, 6.07) is 6.77. The molecule has 6 heteroatoms. The summed E-state index contributed by atoms with van der Waals surface area (Å²) in [5.74, 6) is 1.46. The lowest BCUT2D eigenvalue weighted by Crippen LogP contribution is -2.45. The van der Waals surface area contributed by atoms with Crippen molar-refractivity contribution in [2.45, 2.75) is 58.5 Å². The molecule has 1 saturated heterocycles. The highest BCUT2D eigenvalue weighted by Crippen LogP contribution is 2.28. The van der Waals surface area contributed by atoms with Crippen LogP contribution in [0.1, 0.15) is 50.2 Å². The zero-order chi connectivity index (χ0) is 20.8. The van der Waals surface area contributed by atoms with Gasteiger partial charge < -0.3 is 20.4 Å². The first-order valence-electron chi connectivity index (χ1n) is 11.1. The predicted molar refractivity (Wildman–Crippen MR) is 120 cm³/mol. The van der Waals surface area contributed by atoms with Crippen LogP contribution in [-0.4, -0.2) is 56.5 Å². The van der Waals surface area contributed by atoms with Gasteiger partial charge in [-0.25, -0.2) is 4.99 Å². The zero-order valence-corrected chi connectivity index (χ0v) is 18.5. The van der Waals surface area contributed by atoms with E-state index in [4.69, 9.17) is 4.99 Å². The molecule has 1 saturated carbocycles. The van der Waals surface area contributed by atoms with Crippen LogP contribution in [-0.2, 0) is 11.3 Å². The minimum absolute atomic E-state index is 0.265. The third-order valence-electron chi connectivity index (χ3n) is 6.02. The van der Waals surface area contributed by atoms with Crippen LogP contribution in [0, 0.1) is 12.8 Å². The molecular weight excluding hydrogens is 362 g/mol. The van der Waals surface area contributed by atoms with Gasteiger partial charge in [0.1, 0.15) is 0 Å².